The van der Waals surface area contributed by atoms with Crippen molar-refractivity contribution in [3.63, 3.8) is 0 Å². The van der Waals surface area contributed by atoms with Crippen LogP contribution in [0.4, 0.5) is 5.69 Å². The lowest BCUT2D eigenvalue weighted by molar-refractivity contribution is -0.114. The molecule has 0 N–H and O–H groups in total. The number of hydrogen-bond acceptors (Lipinski definition) is 1. The van der Waals surface area contributed by atoms with Crippen molar-refractivity contribution < 1.29 is 4.79 Å². The summed E-state index contributed by atoms with van der Waals surface area (Å²) in [7, 11) is 1.81. The van der Waals surface area contributed by atoms with Crippen LogP contribution in [0.3, 0.4) is 0 Å². The number of benzene rings is 1. The van der Waals surface area contributed by atoms with E-state index in [9.17, 15) is 4.79 Å². The minimum atomic E-state index is 0.0378. The van der Waals surface area contributed by atoms with Gasteiger partial charge in [0.1, 0.15) is 0 Å². The molecule has 0 spiro atoms. The van der Waals surface area contributed by atoms with E-state index in [-0.39, 0.29) is 5.91 Å². The molecule has 0 heterocycles. The van der Waals surface area contributed by atoms with E-state index in [0.717, 1.165) is 24.9 Å². The second kappa shape index (κ2) is 6.00. The Kier molecular flexibility index (Phi) is 5.19. The van der Waals surface area contributed by atoms with Crippen molar-refractivity contribution >= 4 is 50.1 Å². The molecule has 1 aromatic rings. The predicted octanol–water partition coefficient (Wildman–Crippen LogP) is 4.29. The molecule has 92 valence electrons. The van der Waals surface area contributed by atoms with Crippen LogP contribution in [0, 0.1) is 10.5 Å². The Morgan fingerprint density at radius 2 is 2.06 bits per heavy atom. The van der Waals surface area contributed by atoms with E-state index < -0.39 is 0 Å². The molecule has 0 aromatic heterocycles. The third-order valence-electron chi connectivity index (χ3n) is 2.63. The van der Waals surface area contributed by atoms with Gasteiger partial charge < -0.3 is 4.90 Å². The number of carbonyl (C=O) groups is 1. The van der Waals surface area contributed by atoms with Gasteiger partial charge in [0.05, 0.1) is 5.69 Å². The fraction of sp³-hybridized carbons (Fsp3) is 0.308. The molecule has 2 nitrogen and oxygen atoms in total. The van der Waals surface area contributed by atoms with Gasteiger partial charge in [0.15, 0.2) is 0 Å². The van der Waals surface area contributed by atoms with Gasteiger partial charge in [-0.2, -0.15) is 0 Å². The molecule has 0 unspecified atom stereocenters. The molecule has 1 aromatic carbocycles. The molecule has 0 fully saturated rings. The highest BCUT2D eigenvalue weighted by Crippen LogP contribution is 2.30. The molecule has 0 saturated carbocycles. The highest BCUT2D eigenvalue weighted by Gasteiger charge is 2.17. The van der Waals surface area contributed by atoms with Crippen LogP contribution in [-0.4, -0.2) is 13.0 Å². The Bertz CT molecular complexity index is 459. The molecule has 1 rings (SSSR count). The molecule has 0 aliphatic rings. The Labute approximate surface area is 124 Å². The average molecular weight is 408 g/mol. The largest absolute Gasteiger partial charge is 0.310 e. The first-order valence-corrected chi connectivity index (χ1v) is 7.12. The van der Waals surface area contributed by atoms with E-state index in [1.54, 1.807) is 4.90 Å². The SMILES string of the molecule is CC=C(C)C(=O)N(C)c1c(C)cc(Br)cc1I. The van der Waals surface area contributed by atoms with Crippen molar-refractivity contribution in [1.82, 2.24) is 0 Å². The van der Waals surface area contributed by atoms with Crippen LogP contribution < -0.4 is 4.90 Å². The summed E-state index contributed by atoms with van der Waals surface area (Å²) in [5, 5.41) is 0. The number of nitrogens with zero attached hydrogens (tertiary/aromatic N) is 1. The third-order valence-corrected chi connectivity index (χ3v) is 3.91. The van der Waals surface area contributed by atoms with Crippen molar-refractivity contribution in [2.45, 2.75) is 20.8 Å². The fourth-order valence-electron chi connectivity index (χ4n) is 1.61. The number of aryl methyl sites for hydroxylation is 1. The first-order valence-electron chi connectivity index (χ1n) is 5.25. The fourth-order valence-corrected chi connectivity index (χ4v) is 3.73. The molecule has 4 heteroatoms. The summed E-state index contributed by atoms with van der Waals surface area (Å²) in [6, 6.07) is 4.03. The molecule has 17 heavy (non-hydrogen) atoms. The van der Waals surface area contributed by atoms with E-state index in [1.807, 2.05) is 46.0 Å². The van der Waals surface area contributed by atoms with Crippen LogP contribution >= 0.6 is 38.5 Å². The van der Waals surface area contributed by atoms with Gasteiger partial charge in [0.25, 0.3) is 5.91 Å². The summed E-state index contributed by atoms with van der Waals surface area (Å²) in [4.78, 5) is 13.8. The minimum absolute atomic E-state index is 0.0378. The molecule has 0 saturated heterocycles. The van der Waals surface area contributed by atoms with Crippen LogP contribution in [0.2, 0.25) is 0 Å². The first-order chi connectivity index (χ1) is 7.88. The van der Waals surface area contributed by atoms with Gasteiger partial charge in [-0.3, -0.25) is 4.79 Å². The highest BCUT2D eigenvalue weighted by molar-refractivity contribution is 14.1. The minimum Gasteiger partial charge on any atom is -0.310 e. The second-order valence-corrected chi connectivity index (χ2v) is 5.97. The number of halogens is 2. The molecular formula is C13H15BrINO. The van der Waals surface area contributed by atoms with E-state index in [2.05, 4.69) is 38.5 Å². The van der Waals surface area contributed by atoms with E-state index in [1.165, 1.54) is 0 Å². The molecule has 0 radical (unpaired) electrons. The zero-order valence-electron chi connectivity index (χ0n) is 10.3. The Balaban J connectivity index is 3.22. The van der Waals surface area contributed by atoms with E-state index in [0.29, 0.717) is 0 Å². The molecule has 0 atom stereocenters. The van der Waals surface area contributed by atoms with Gasteiger partial charge in [-0.05, 0) is 61.1 Å². The lowest BCUT2D eigenvalue weighted by Gasteiger charge is -2.21. The number of likely N-dealkylation sites (N-methyl/N-ethyl adjacent to an activating group) is 1. The number of rotatable bonds is 2. The van der Waals surface area contributed by atoms with Crippen molar-refractivity contribution in [3.8, 4) is 0 Å². The summed E-state index contributed by atoms with van der Waals surface area (Å²) in [5.74, 6) is 0.0378. The smallest absolute Gasteiger partial charge is 0.253 e. The standard InChI is InChI=1S/C13H15BrINO/c1-5-8(2)13(17)16(4)12-9(3)6-10(14)7-11(12)15/h5-7H,1-4H3. The van der Waals surface area contributed by atoms with Gasteiger partial charge in [-0.1, -0.05) is 22.0 Å². The zero-order valence-corrected chi connectivity index (χ0v) is 14.1. The monoisotopic (exact) mass is 407 g/mol. The van der Waals surface area contributed by atoms with Crippen LogP contribution in [0.1, 0.15) is 19.4 Å². The lowest BCUT2D eigenvalue weighted by atomic mass is 10.1. The Morgan fingerprint density at radius 1 is 1.47 bits per heavy atom. The summed E-state index contributed by atoms with van der Waals surface area (Å²) >= 11 is 5.71. The second-order valence-electron chi connectivity index (χ2n) is 3.89. The maximum absolute atomic E-state index is 12.1. The normalized spacial score (nSPS) is 11.5. The summed E-state index contributed by atoms with van der Waals surface area (Å²) in [6.45, 7) is 5.72. The van der Waals surface area contributed by atoms with Crippen LogP contribution in [-0.2, 0) is 4.79 Å². The number of amides is 1. The maximum atomic E-state index is 12.1. The summed E-state index contributed by atoms with van der Waals surface area (Å²) in [5.41, 5.74) is 2.81. The van der Waals surface area contributed by atoms with Gasteiger partial charge >= 0.3 is 0 Å². The zero-order chi connectivity index (χ0) is 13.2. The number of hydrogen-bond donors (Lipinski definition) is 0. The maximum Gasteiger partial charge on any atom is 0.253 e. The van der Waals surface area contributed by atoms with Gasteiger partial charge in [0, 0.05) is 20.7 Å². The lowest BCUT2D eigenvalue weighted by Crippen LogP contribution is -2.28. The van der Waals surface area contributed by atoms with Crippen LogP contribution in [0.25, 0.3) is 0 Å². The van der Waals surface area contributed by atoms with E-state index >= 15 is 0 Å². The molecule has 0 bridgehead atoms. The Hall–Kier alpha value is -0.360. The summed E-state index contributed by atoms with van der Waals surface area (Å²) < 4.78 is 2.10. The van der Waals surface area contributed by atoms with Crippen molar-refractivity contribution in [2.75, 3.05) is 11.9 Å². The van der Waals surface area contributed by atoms with Gasteiger partial charge in [-0.15, -0.1) is 0 Å². The van der Waals surface area contributed by atoms with Crippen molar-refractivity contribution in [3.05, 3.63) is 37.4 Å². The highest BCUT2D eigenvalue weighted by atomic mass is 127. The molecule has 0 aliphatic carbocycles. The first kappa shape index (κ1) is 14.7. The Morgan fingerprint density at radius 3 is 2.53 bits per heavy atom. The van der Waals surface area contributed by atoms with E-state index in [4.69, 9.17) is 0 Å². The van der Waals surface area contributed by atoms with Gasteiger partial charge in [0.2, 0.25) is 0 Å². The summed E-state index contributed by atoms with van der Waals surface area (Å²) in [6.07, 6.45) is 1.83. The number of anilines is 1. The number of carbonyl (C=O) groups excluding carboxylic acids is 1. The average Bonchev–Trinajstić information content (AvgIpc) is 2.25. The molecule has 1 amide bonds. The number of allylic oxidation sites excluding steroid dienone is 1. The van der Waals surface area contributed by atoms with Crippen molar-refractivity contribution in [1.29, 1.82) is 0 Å². The quantitative estimate of drug-likeness (QED) is 0.529. The van der Waals surface area contributed by atoms with Crippen LogP contribution in [0.15, 0.2) is 28.3 Å². The van der Waals surface area contributed by atoms with Crippen molar-refractivity contribution in [2.24, 2.45) is 0 Å². The molecule has 0 aliphatic heterocycles. The predicted molar refractivity (Wildman–Crippen MR) is 84.4 cm³/mol. The van der Waals surface area contributed by atoms with Gasteiger partial charge in [-0.25, -0.2) is 0 Å². The molecular weight excluding hydrogens is 393 g/mol. The third kappa shape index (κ3) is 3.31. The topological polar surface area (TPSA) is 20.3 Å². The van der Waals surface area contributed by atoms with Crippen LogP contribution in [0.5, 0.6) is 0 Å².